The van der Waals surface area contributed by atoms with E-state index in [4.69, 9.17) is 0 Å². The molecule has 4 heteroatoms. The molecule has 0 atom stereocenters. The molecule has 0 spiro atoms. The zero-order valence-electron chi connectivity index (χ0n) is 13.4. The van der Waals surface area contributed by atoms with E-state index in [1.807, 2.05) is 12.1 Å². The molecule has 0 bridgehead atoms. The molecule has 0 fully saturated rings. The van der Waals surface area contributed by atoms with Gasteiger partial charge in [-0.15, -0.1) is 0 Å². The lowest BCUT2D eigenvalue weighted by Crippen LogP contribution is -2.26. The summed E-state index contributed by atoms with van der Waals surface area (Å²) in [5, 5.41) is 6.74. The zero-order chi connectivity index (χ0) is 15.5. The fourth-order valence-electron chi connectivity index (χ4n) is 2.13. The van der Waals surface area contributed by atoms with Crippen molar-refractivity contribution in [2.24, 2.45) is 0 Å². The third-order valence-corrected chi connectivity index (χ3v) is 3.02. The van der Waals surface area contributed by atoms with Gasteiger partial charge in [0.2, 0.25) is 0 Å². The molecule has 4 nitrogen and oxygen atoms in total. The molecule has 0 saturated heterocycles. The molecule has 0 radical (unpaired) electrons. The van der Waals surface area contributed by atoms with Gasteiger partial charge >= 0.3 is 0 Å². The maximum absolute atomic E-state index is 4.30. The monoisotopic (exact) mass is 284 g/mol. The maximum atomic E-state index is 4.30. The highest BCUT2D eigenvalue weighted by molar-refractivity contribution is 5.63. The molecule has 0 unspecified atom stereocenters. The van der Waals surface area contributed by atoms with Gasteiger partial charge in [-0.3, -0.25) is 0 Å². The third kappa shape index (κ3) is 4.45. The Morgan fingerprint density at radius 3 is 2.33 bits per heavy atom. The molecule has 2 N–H and O–H groups in total. The van der Waals surface area contributed by atoms with Gasteiger partial charge in [-0.25, -0.2) is 9.97 Å². The predicted molar refractivity (Wildman–Crippen MR) is 89.2 cm³/mol. The van der Waals surface area contributed by atoms with E-state index >= 15 is 0 Å². The Labute approximate surface area is 127 Å². The van der Waals surface area contributed by atoms with Crippen LogP contribution in [0.15, 0.2) is 36.7 Å². The highest BCUT2D eigenvalue weighted by atomic mass is 15.1. The molecule has 112 valence electrons. The molecule has 0 aliphatic rings. The van der Waals surface area contributed by atoms with Crippen LogP contribution in [0.3, 0.4) is 0 Å². The van der Waals surface area contributed by atoms with Crippen molar-refractivity contribution < 1.29 is 0 Å². The molecular weight excluding hydrogens is 260 g/mol. The van der Waals surface area contributed by atoms with Gasteiger partial charge in [0.15, 0.2) is 0 Å². The Hall–Kier alpha value is -2.10. The van der Waals surface area contributed by atoms with E-state index in [0.29, 0.717) is 5.92 Å². The fourth-order valence-corrected chi connectivity index (χ4v) is 2.13. The molecule has 0 amide bonds. The summed E-state index contributed by atoms with van der Waals surface area (Å²) in [7, 11) is 0. The molecule has 0 saturated carbocycles. The standard InChI is InChI=1S/C17H24N4/c1-12(2)13-8-6-7-9-14(13)20-15-10-16(19-11-18-15)21-17(3,4)5/h6-12H,1-5H3,(H2,18,19,20,21). The third-order valence-electron chi connectivity index (χ3n) is 3.02. The lowest BCUT2D eigenvalue weighted by atomic mass is 10.0. The number of nitrogens with one attached hydrogen (secondary N) is 2. The molecule has 2 aromatic rings. The molecule has 21 heavy (non-hydrogen) atoms. The van der Waals surface area contributed by atoms with Gasteiger partial charge in [-0.1, -0.05) is 32.0 Å². The van der Waals surface area contributed by atoms with Crippen molar-refractivity contribution in [3.63, 3.8) is 0 Å². The summed E-state index contributed by atoms with van der Waals surface area (Å²) in [4.78, 5) is 8.56. The predicted octanol–water partition coefficient (Wildman–Crippen LogP) is 4.55. The van der Waals surface area contributed by atoms with Crippen molar-refractivity contribution in [2.75, 3.05) is 10.6 Å². The average Bonchev–Trinajstić information content (AvgIpc) is 2.37. The first kappa shape index (κ1) is 15.3. The van der Waals surface area contributed by atoms with Crippen LogP contribution < -0.4 is 10.6 Å². The van der Waals surface area contributed by atoms with Crippen LogP contribution in [0.5, 0.6) is 0 Å². The largest absolute Gasteiger partial charge is 0.365 e. The highest BCUT2D eigenvalue weighted by Crippen LogP contribution is 2.26. The maximum Gasteiger partial charge on any atom is 0.135 e. The van der Waals surface area contributed by atoms with Gasteiger partial charge in [-0.05, 0) is 38.3 Å². The quantitative estimate of drug-likeness (QED) is 0.864. The normalized spacial score (nSPS) is 11.5. The molecule has 1 aromatic heterocycles. The summed E-state index contributed by atoms with van der Waals surface area (Å²) in [5.41, 5.74) is 2.34. The van der Waals surface area contributed by atoms with Crippen molar-refractivity contribution in [1.29, 1.82) is 0 Å². The SMILES string of the molecule is CC(C)c1ccccc1Nc1cc(NC(C)(C)C)ncn1. The second kappa shape index (κ2) is 6.12. The minimum atomic E-state index is -0.0263. The van der Waals surface area contributed by atoms with Crippen LogP contribution in [0.2, 0.25) is 0 Å². The lowest BCUT2D eigenvalue weighted by molar-refractivity contribution is 0.630. The van der Waals surface area contributed by atoms with Crippen LogP contribution in [0.25, 0.3) is 0 Å². The number of benzene rings is 1. The number of hydrogen-bond donors (Lipinski definition) is 2. The van der Waals surface area contributed by atoms with Crippen LogP contribution >= 0.6 is 0 Å². The Morgan fingerprint density at radius 1 is 1.00 bits per heavy atom. The molecule has 0 aliphatic carbocycles. The Balaban J connectivity index is 2.23. The summed E-state index contributed by atoms with van der Waals surface area (Å²) in [6.07, 6.45) is 1.58. The highest BCUT2D eigenvalue weighted by Gasteiger charge is 2.11. The Morgan fingerprint density at radius 2 is 1.67 bits per heavy atom. The van der Waals surface area contributed by atoms with Crippen molar-refractivity contribution in [3.05, 3.63) is 42.2 Å². The van der Waals surface area contributed by atoms with E-state index in [1.54, 1.807) is 6.33 Å². The van der Waals surface area contributed by atoms with Gasteiger partial charge in [0, 0.05) is 17.3 Å². The first-order valence-corrected chi connectivity index (χ1v) is 7.31. The van der Waals surface area contributed by atoms with Crippen LogP contribution in [0.4, 0.5) is 17.3 Å². The van der Waals surface area contributed by atoms with E-state index in [-0.39, 0.29) is 5.54 Å². The van der Waals surface area contributed by atoms with Crippen molar-refractivity contribution >= 4 is 17.3 Å². The molecule has 2 rings (SSSR count). The number of rotatable bonds is 4. The first-order chi connectivity index (χ1) is 9.85. The summed E-state index contributed by atoms with van der Waals surface area (Å²) >= 11 is 0. The number of hydrogen-bond acceptors (Lipinski definition) is 4. The van der Waals surface area contributed by atoms with Gasteiger partial charge in [0.05, 0.1) is 0 Å². The average molecular weight is 284 g/mol. The molecule has 1 heterocycles. The summed E-state index contributed by atoms with van der Waals surface area (Å²) in [6, 6.07) is 10.2. The molecular formula is C17H24N4. The summed E-state index contributed by atoms with van der Waals surface area (Å²) in [5.74, 6) is 2.08. The first-order valence-electron chi connectivity index (χ1n) is 7.31. The number of anilines is 3. The van der Waals surface area contributed by atoms with E-state index in [2.05, 4.69) is 73.4 Å². The fraction of sp³-hybridized carbons (Fsp3) is 0.412. The lowest BCUT2D eigenvalue weighted by Gasteiger charge is -2.21. The summed E-state index contributed by atoms with van der Waals surface area (Å²) in [6.45, 7) is 10.7. The Kier molecular flexibility index (Phi) is 4.46. The number of aromatic nitrogens is 2. The van der Waals surface area contributed by atoms with Crippen molar-refractivity contribution in [3.8, 4) is 0 Å². The van der Waals surface area contributed by atoms with Crippen molar-refractivity contribution in [2.45, 2.75) is 46.1 Å². The van der Waals surface area contributed by atoms with Crippen LogP contribution in [-0.2, 0) is 0 Å². The van der Waals surface area contributed by atoms with Gasteiger partial charge in [0.1, 0.15) is 18.0 Å². The zero-order valence-corrected chi connectivity index (χ0v) is 13.4. The summed E-state index contributed by atoms with van der Waals surface area (Å²) < 4.78 is 0. The number of nitrogens with zero attached hydrogens (tertiary/aromatic N) is 2. The van der Waals surface area contributed by atoms with E-state index in [1.165, 1.54) is 5.56 Å². The minimum absolute atomic E-state index is 0.0263. The van der Waals surface area contributed by atoms with Crippen LogP contribution in [0, 0.1) is 0 Å². The van der Waals surface area contributed by atoms with E-state index < -0.39 is 0 Å². The van der Waals surface area contributed by atoms with Crippen LogP contribution in [0.1, 0.15) is 46.1 Å². The second-order valence-electron chi connectivity index (χ2n) is 6.53. The van der Waals surface area contributed by atoms with Crippen molar-refractivity contribution in [1.82, 2.24) is 9.97 Å². The molecule has 1 aromatic carbocycles. The van der Waals surface area contributed by atoms with Gasteiger partial charge in [-0.2, -0.15) is 0 Å². The minimum Gasteiger partial charge on any atom is -0.365 e. The van der Waals surface area contributed by atoms with Crippen LogP contribution in [-0.4, -0.2) is 15.5 Å². The number of para-hydroxylation sites is 1. The smallest absolute Gasteiger partial charge is 0.135 e. The van der Waals surface area contributed by atoms with Gasteiger partial charge < -0.3 is 10.6 Å². The molecule has 0 aliphatic heterocycles. The Bertz CT molecular complexity index is 600. The topological polar surface area (TPSA) is 49.8 Å². The second-order valence-corrected chi connectivity index (χ2v) is 6.53. The van der Waals surface area contributed by atoms with E-state index in [0.717, 1.165) is 17.3 Å². The van der Waals surface area contributed by atoms with E-state index in [9.17, 15) is 0 Å². The van der Waals surface area contributed by atoms with Gasteiger partial charge in [0.25, 0.3) is 0 Å².